The summed E-state index contributed by atoms with van der Waals surface area (Å²) in [5.41, 5.74) is 2.19. The van der Waals surface area contributed by atoms with Crippen molar-refractivity contribution in [2.75, 3.05) is 0 Å². The van der Waals surface area contributed by atoms with Crippen LogP contribution in [-0.4, -0.2) is 30.4 Å². The van der Waals surface area contributed by atoms with Crippen LogP contribution < -0.4 is 5.69 Å². The molecule has 0 unspecified atom stereocenters. The number of nitrogens with one attached hydrogen (secondary N) is 1. The van der Waals surface area contributed by atoms with Gasteiger partial charge in [-0.25, -0.2) is 9.59 Å². The maximum absolute atomic E-state index is 12.0. The monoisotopic (exact) mass is 286 g/mol. The van der Waals surface area contributed by atoms with Crippen LogP contribution in [0.1, 0.15) is 15.9 Å². The summed E-state index contributed by atoms with van der Waals surface area (Å²) < 4.78 is 3.32. The van der Waals surface area contributed by atoms with E-state index in [0.29, 0.717) is 24.0 Å². The number of aryl methyl sites for hydroxylation is 3. The molecule has 3 rings (SSSR count). The molecule has 7 nitrogen and oxygen atoms in total. The maximum Gasteiger partial charge on any atom is 0.335 e. The highest BCUT2D eigenvalue weighted by Gasteiger charge is 2.10. The molecule has 0 saturated heterocycles. The van der Waals surface area contributed by atoms with Crippen LogP contribution in [0.5, 0.6) is 0 Å². The van der Waals surface area contributed by atoms with E-state index in [1.165, 1.54) is 12.1 Å². The second kappa shape index (κ2) is 4.93. The predicted octanol–water partition coefficient (Wildman–Crippen LogP) is 1.00. The normalized spacial score (nSPS) is 11.1. The van der Waals surface area contributed by atoms with Crippen LogP contribution in [0.25, 0.3) is 11.0 Å². The first-order chi connectivity index (χ1) is 10.0. The minimum atomic E-state index is -1.01. The number of fused-ring (bicyclic) bond motifs is 1. The molecule has 0 saturated carbocycles. The van der Waals surface area contributed by atoms with Crippen LogP contribution in [0.15, 0.2) is 35.4 Å². The Bertz CT molecular complexity index is 872. The Kier molecular flexibility index (Phi) is 3.09. The summed E-state index contributed by atoms with van der Waals surface area (Å²) in [6.07, 6.45) is 4.35. The average molecular weight is 286 g/mol. The smallest absolute Gasteiger partial charge is 0.335 e. The molecule has 0 fully saturated rings. The molecule has 1 aromatic carbocycles. The molecular weight excluding hydrogens is 272 g/mol. The quantitative estimate of drug-likeness (QED) is 0.748. The Morgan fingerprint density at radius 2 is 2.24 bits per heavy atom. The average Bonchev–Trinajstić information content (AvgIpc) is 2.98. The molecule has 7 heteroatoms. The van der Waals surface area contributed by atoms with Crippen LogP contribution in [0, 0.1) is 0 Å². The first kappa shape index (κ1) is 13.2. The zero-order valence-corrected chi connectivity index (χ0v) is 11.4. The molecule has 0 aliphatic heterocycles. The first-order valence-corrected chi connectivity index (χ1v) is 6.48. The van der Waals surface area contributed by atoms with Gasteiger partial charge in [-0.3, -0.25) is 9.25 Å². The van der Waals surface area contributed by atoms with Crippen LogP contribution in [-0.2, 0) is 20.0 Å². The van der Waals surface area contributed by atoms with Crippen molar-refractivity contribution in [1.29, 1.82) is 0 Å². The summed E-state index contributed by atoms with van der Waals surface area (Å²) in [6.45, 7) is 0.511. The number of H-pyrrole nitrogens is 1. The number of aromatic nitrogens is 4. The predicted molar refractivity (Wildman–Crippen MR) is 76.4 cm³/mol. The number of aromatic amines is 1. The highest BCUT2D eigenvalue weighted by Crippen LogP contribution is 2.13. The summed E-state index contributed by atoms with van der Waals surface area (Å²) in [5, 5.41) is 13.1. The van der Waals surface area contributed by atoms with Gasteiger partial charge >= 0.3 is 11.7 Å². The highest BCUT2D eigenvalue weighted by molar-refractivity contribution is 5.92. The fourth-order valence-electron chi connectivity index (χ4n) is 2.36. The van der Waals surface area contributed by atoms with E-state index in [4.69, 9.17) is 5.11 Å². The van der Waals surface area contributed by atoms with E-state index in [-0.39, 0.29) is 11.3 Å². The van der Waals surface area contributed by atoms with Crippen molar-refractivity contribution >= 4 is 17.0 Å². The molecule has 2 aromatic heterocycles. The molecular formula is C14H14N4O3. The van der Waals surface area contributed by atoms with E-state index < -0.39 is 5.97 Å². The lowest BCUT2D eigenvalue weighted by Crippen LogP contribution is -2.17. The van der Waals surface area contributed by atoms with Crippen molar-refractivity contribution in [3.63, 3.8) is 0 Å². The lowest BCUT2D eigenvalue weighted by Gasteiger charge is -2.02. The standard InChI is InChI=1S/C14H14N4O3/c1-17-8-9(7-15-17)4-5-18-12-3-2-10(13(19)20)6-11(12)16-14(18)21/h2-3,6-8H,4-5H2,1H3,(H,16,21)(H,19,20). The number of hydrogen-bond donors (Lipinski definition) is 2. The van der Waals surface area contributed by atoms with Gasteiger partial charge < -0.3 is 10.1 Å². The van der Waals surface area contributed by atoms with E-state index in [9.17, 15) is 9.59 Å². The van der Waals surface area contributed by atoms with E-state index in [2.05, 4.69) is 10.1 Å². The number of carbonyl (C=O) groups is 1. The topological polar surface area (TPSA) is 92.9 Å². The lowest BCUT2D eigenvalue weighted by atomic mass is 10.2. The van der Waals surface area contributed by atoms with Crippen molar-refractivity contribution in [2.45, 2.75) is 13.0 Å². The second-order valence-electron chi connectivity index (χ2n) is 4.89. The largest absolute Gasteiger partial charge is 0.478 e. The van der Waals surface area contributed by atoms with Crippen molar-refractivity contribution in [2.24, 2.45) is 7.05 Å². The molecule has 21 heavy (non-hydrogen) atoms. The molecule has 0 radical (unpaired) electrons. The van der Waals surface area contributed by atoms with Gasteiger partial charge in [-0.1, -0.05) is 0 Å². The van der Waals surface area contributed by atoms with Gasteiger partial charge in [-0.2, -0.15) is 5.10 Å². The Balaban J connectivity index is 1.93. The van der Waals surface area contributed by atoms with E-state index in [1.54, 1.807) is 21.5 Å². The summed E-state index contributed by atoms with van der Waals surface area (Å²) in [7, 11) is 1.84. The summed E-state index contributed by atoms with van der Waals surface area (Å²) in [5.74, 6) is -1.01. The number of carboxylic acids is 1. The Morgan fingerprint density at radius 1 is 1.43 bits per heavy atom. The molecule has 0 amide bonds. The number of rotatable bonds is 4. The summed E-state index contributed by atoms with van der Waals surface area (Å²) in [6, 6.07) is 4.62. The van der Waals surface area contributed by atoms with Gasteiger partial charge in [0, 0.05) is 19.8 Å². The number of imidazole rings is 1. The van der Waals surface area contributed by atoms with Gasteiger partial charge in [0.1, 0.15) is 0 Å². The molecule has 0 spiro atoms. The number of hydrogen-bond acceptors (Lipinski definition) is 3. The van der Waals surface area contributed by atoms with Gasteiger partial charge in [0.25, 0.3) is 0 Å². The van der Waals surface area contributed by atoms with Crippen molar-refractivity contribution < 1.29 is 9.90 Å². The van der Waals surface area contributed by atoms with E-state index in [1.807, 2.05) is 13.2 Å². The number of benzene rings is 1. The fourth-order valence-corrected chi connectivity index (χ4v) is 2.36. The van der Waals surface area contributed by atoms with Gasteiger partial charge in [0.05, 0.1) is 22.8 Å². The van der Waals surface area contributed by atoms with Crippen LogP contribution in [0.3, 0.4) is 0 Å². The molecule has 108 valence electrons. The Morgan fingerprint density at radius 3 is 2.90 bits per heavy atom. The lowest BCUT2D eigenvalue weighted by molar-refractivity contribution is 0.0697. The van der Waals surface area contributed by atoms with Crippen molar-refractivity contribution in [3.8, 4) is 0 Å². The molecule has 0 aliphatic rings. The fraction of sp³-hybridized carbons (Fsp3) is 0.214. The second-order valence-corrected chi connectivity index (χ2v) is 4.89. The van der Waals surface area contributed by atoms with E-state index in [0.717, 1.165) is 5.56 Å². The van der Waals surface area contributed by atoms with Crippen molar-refractivity contribution in [3.05, 3.63) is 52.2 Å². The summed E-state index contributed by atoms with van der Waals surface area (Å²) >= 11 is 0. The SMILES string of the molecule is Cn1cc(CCn2c(=O)[nH]c3cc(C(=O)O)ccc32)cn1. The minimum absolute atomic E-state index is 0.156. The molecule has 3 aromatic rings. The van der Waals surface area contributed by atoms with Crippen molar-refractivity contribution in [1.82, 2.24) is 19.3 Å². The third-order valence-corrected chi connectivity index (χ3v) is 3.40. The van der Waals surface area contributed by atoms with Crippen LogP contribution in [0.4, 0.5) is 0 Å². The number of carboxylic acid groups (broad SMARTS) is 1. The molecule has 0 atom stereocenters. The van der Waals surface area contributed by atoms with Crippen LogP contribution >= 0.6 is 0 Å². The maximum atomic E-state index is 12.0. The van der Waals surface area contributed by atoms with E-state index >= 15 is 0 Å². The van der Waals surface area contributed by atoms with Gasteiger partial charge in [0.15, 0.2) is 0 Å². The molecule has 0 aliphatic carbocycles. The van der Waals surface area contributed by atoms with Gasteiger partial charge in [-0.15, -0.1) is 0 Å². The third kappa shape index (κ3) is 2.45. The van der Waals surface area contributed by atoms with Gasteiger partial charge in [0.2, 0.25) is 0 Å². The van der Waals surface area contributed by atoms with Gasteiger partial charge in [-0.05, 0) is 30.2 Å². The first-order valence-electron chi connectivity index (χ1n) is 6.48. The summed E-state index contributed by atoms with van der Waals surface area (Å²) in [4.78, 5) is 25.6. The minimum Gasteiger partial charge on any atom is -0.478 e. The highest BCUT2D eigenvalue weighted by atomic mass is 16.4. The zero-order chi connectivity index (χ0) is 15.0. The number of aromatic carboxylic acids is 1. The third-order valence-electron chi connectivity index (χ3n) is 3.40. The van der Waals surface area contributed by atoms with Crippen LogP contribution in [0.2, 0.25) is 0 Å². The molecule has 2 N–H and O–H groups in total. The Labute approximate surface area is 119 Å². The molecule has 0 bridgehead atoms. The zero-order valence-electron chi connectivity index (χ0n) is 11.4. The molecule has 2 heterocycles. The Hall–Kier alpha value is -2.83. The number of nitrogens with zero attached hydrogens (tertiary/aromatic N) is 3.